The van der Waals surface area contributed by atoms with E-state index < -0.39 is 5.92 Å². The smallest absolute Gasteiger partial charge is 0.245 e. The lowest BCUT2D eigenvalue weighted by Gasteiger charge is -2.16. The number of rotatable bonds is 5. The van der Waals surface area contributed by atoms with Crippen molar-refractivity contribution in [3.05, 3.63) is 63.6 Å². The van der Waals surface area contributed by atoms with E-state index in [0.717, 1.165) is 12.1 Å². The lowest BCUT2D eigenvalue weighted by Crippen LogP contribution is -2.30. The number of carbonyl (C=O) groups is 2. The predicted octanol–water partition coefficient (Wildman–Crippen LogP) is 4.06. The highest BCUT2D eigenvalue weighted by molar-refractivity contribution is 6.36. The minimum absolute atomic E-state index is 0.0656. The molecule has 0 bridgehead atoms. The van der Waals surface area contributed by atoms with Crippen molar-refractivity contribution >= 4 is 46.9 Å². The Morgan fingerprint density at radius 3 is 2.67 bits per heavy atom. The van der Waals surface area contributed by atoms with E-state index in [1.54, 1.807) is 23.1 Å². The fourth-order valence-electron chi connectivity index (χ4n) is 2.91. The van der Waals surface area contributed by atoms with Crippen LogP contribution >= 0.6 is 23.2 Å². The average molecular weight is 404 g/mol. The molecular weight excluding hydrogens is 385 g/mol. The number of halogens is 2. The molecule has 1 N–H and O–H groups in total. The minimum atomic E-state index is -0.443. The van der Waals surface area contributed by atoms with Crippen LogP contribution in [0, 0.1) is 5.92 Å². The topological polar surface area (TPSA) is 61.8 Å². The molecule has 7 heteroatoms. The van der Waals surface area contributed by atoms with Gasteiger partial charge in [0.1, 0.15) is 0 Å². The second-order valence-electron chi connectivity index (χ2n) is 6.33. The number of anilines is 1. The molecule has 27 heavy (non-hydrogen) atoms. The van der Waals surface area contributed by atoms with Gasteiger partial charge in [-0.05, 0) is 36.2 Å². The summed E-state index contributed by atoms with van der Waals surface area (Å²) in [6.07, 6.45) is 2.56. The monoisotopic (exact) mass is 403 g/mol. The number of carbonyl (C=O) groups excluding carboxylic acids is 2. The van der Waals surface area contributed by atoms with E-state index in [1.165, 1.54) is 11.8 Å². The van der Waals surface area contributed by atoms with Crippen LogP contribution in [0.15, 0.2) is 47.6 Å². The number of nitrogens with one attached hydrogen (secondary N) is 1. The van der Waals surface area contributed by atoms with Crippen LogP contribution in [0.4, 0.5) is 5.69 Å². The second-order valence-corrected chi connectivity index (χ2v) is 7.17. The summed E-state index contributed by atoms with van der Waals surface area (Å²) in [5, 5.41) is 4.91. The molecule has 1 fully saturated rings. The molecule has 3 rings (SSSR count). The van der Waals surface area contributed by atoms with Crippen LogP contribution in [-0.4, -0.2) is 24.6 Å². The third kappa shape index (κ3) is 4.67. The molecule has 1 aliphatic rings. The van der Waals surface area contributed by atoms with Crippen LogP contribution in [-0.2, 0) is 16.0 Å². The van der Waals surface area contributed by atoms with Gasteiger partial charge in [0.05, 0.1) is 17.2 Å². The molecular formula is C20H19Cl2N3O2. The van der Waals surface area contributed by atoms with Crippen molar-refractivity contribution < 1.29 is 9.59 Å². The molecule has 2 aromatic carbocycles. The molecule has 5 nitrogen and oxygen atoms in total. The fourth-order valence-corrected chi connectivity index (χ4v) is 3.36. The Bertz CT molecular complexity index is 881. The Morgan fingerprint density at radius 1 is 1.26 bits per heavy atom. The number of nitrogens with zero attached hydrogens (tertiary/aromatic N) is 2. The largest absolute Gasteiger partial charge is 0.312 e. The summed E-state index contributed by atoms with van der Waals surface area (Å²) in [6, 6.07) is 12.8. The predicted molar refractivity (Wildman–Crippen MR) is 108 cm³/mol. The maximum atomic E-state index is 12.3. The summed E-state index contributed by atoms with van der Waals surface area (Å²) in [4.78, 5) is 26.3. The minimum Gasteiger partial charge on any atom is -0.312 e. The summed E-state index contributed by atoms with van der Waals surface area (Å²) in [5.41, 5.74) is 5.14. The first-order valence-corrected chi connectivity index (χ1v) is 9.40. The zero-order valence-electron chi connectivity index (χ0n) is 14.8. The Labute approximate surface area is 168 Å². The summed E-state index contributed by atoms with van der Waals surface area (Å²) in [5.74, 6) is -0.803. The van der Waals surface area contributed by atoms with E-state index in [1.807, 2.05) is 24.3 Å². The van der Waals surface area contributed by atoms with Gasteiger partial charge in [0.15, 0.2) is 0 Å². The molecule has 2 amide bonds. The lowest BCUT2D eigenvalue weighted by molar-refractivity contribution is -0.126. The van der Waals surface area contributed by atoms with E-state index >= 15 is 0 Å². The molecule has 0 saturated carbocycles. The SMILES string of the molecule is CCc1ccc(N2C[C@H](C(=O)N/N=C/c3ccc(Cl)cc3Cl)CC2=O)cc1. The van der Waals surface area contributed by atoms with Gasteiger partial charge in [0.25, 0.3) is 0 Å². The van der Waals surface area contributed by atoms with Gasteiger partial charge in [0, 0.05) is 29.2 Å². The Morgan fingerprint density at radius 2 is 2.00 bits per heavy atom. The average Bonchev–Trinajstić information content (AvgIpc) is 3.05. The standard InChI is InChI=1S/C20H19Cl2N3O2/c1-2-13-3-7-17(8-4-13)25-12-15(9-19(25)26)20(27)24-23-11-14-5-6-16(21)10-18(14)22/h3-8,10-11,15H,2,9,12H2,1H3,(H,24,27)/b23-11+/t15-/m1/s1. The molecule has 1 heterocycles. The number of hydrazone groups is 1. The van der Waals surface area contributed by atoms with Crippen LogP contribution in [0.5, 0.6) is 0 Å². The zero-order valence-corrected chi connectivity index (χ0v) is 16.3. The van der Waals surface area contributed by atoms with Crippen LogP contribution in [0.1, 0.15) is 24.5 Å². The Balaban J connectivity index is 1.60. The van der Waals surface area contributed by atoms with Crippen molar-refractivity contribution in [2.45, 2.75) is 19.8 Å². The quantitative estimate of drug-likeness (QED) is 0.604. The van der Waals surface area contributed by atoms with Gasteiger partial charge in [-0.2, -0.15) is 5.10 Å². The summed E-state index contributed by atoms with van der Waals surface area (Å²) in [7, 11) is 0. The summed E-state index contributed by atoms with van der Waals surface area (Å²) >= 11 is 11.9. The third-order valence-corrected chi connectivity index (χ3v) is 5.06. The Hall–Kier alpha value is -2.37. The number of aryl methyl sites for hydroxylation is 1. The van der Waals surface area contributed by atoms with Crippen LogP contribution < -0.4 is 10.3 Å². The van der Waals surface area contributed by atoms with E-state index in [-0.39, 0.29) is 18.2 Å². The molecule has 1 saturated heterocycles. The highest BCUT2D eigenvalue weighted by Crippen LogP contribution is 2.25. The molecule has 0 radical (unpaired) electrons. The van der Waals surface area contributed by atoms with Crippen molar-refractivity contribution in [2.75, 3.05) is 11.4 Å². The van der Waals surface area contributed by atoms with Crippen LogP contribution in [0.3, 0.4) is 0 Å². The van der Waals surface area contributed by atoms with Gasteiger partial charge in [-0.3, -0.25) is 9.59 Å². The molecule has 1 aliphatic heterocycles. The van der Waals surface area contributed by atoms with Gasteiger partial charge in [0.2, 0.25) is 11.8 Å². The van der Waals surface area contributed by atoms with Crippen LogP contribution in [0.25, 0.3) is 0 Å². The summed E-state index contributed by atoms with van der Waals surface area (Å²) < 4.78 is 0. The van der Waals surface area contributed by atoms with E-state index in [2.05, 4.69) is 17.5 Å². The van der Waals surface area contributed by atoms with E-state index in [9.17, 15) is 9.59 Å². The van der Waals surface area contributed by atoms with Gasteiger partial charge in [-0.15, -0.1) is 0 Å². The highest BCUT2D eigenvalue weighted by atomic mass is 35.5. The first-order chi connectivity index (χ1) is 13.0. The molecule has 140 valence electrons. The van der Waals surface area contributed by atoms with E-state index in [4.69, 9.17) is 23.2 Å². The van der Waals surface area contributed by atoms with Crippen molar-refractivity contribution in [2.24, 2.45) is 11.0 Å². The zero-order chi connectivity index (χ0) is 19.4. The number of benzene rings is 2. The number of hydrogen-bond acceptors (Lipinski definition) is 3. The van der Waals surface area contributed by atoms with Crippen molar-refractivity contribution in [1.29, 1.82) is 0 Å². The Kier molecular flexibility index (Phi) is 6.14. The fraction of sp³-hybridized carbons (Fsp3) is 0.250. The molecule has 0 aromatic heterocycles. The molecule has 0 spiro atoms. The molecule has 1 atom stereocenters. The van der Waals surface area contributed by atoms with Gasteiger partial charge in [-0.25, -0.2) is 5.43 Å². The lowest BCUT2D eigenvalue weighted by atomic mass is 10.1. The number of amides is 2. The first-order valence-electron chi connectivity index (χ1n) is 8.65. The molecule has 0 unspecified atom stereocenters. The van der Waals surface area contributed by atoms with Crippen molar-refractivity contribution in [1.82, 2.24) is 5.43 Å². The molecule has 0 aliphatic carbocycles. The maximum absolute atomic E-state index is 12.3. The van der Waals surface area contributed by atoms with Crippen molar-refractivity contribution in [3.63, 3.8) is 0 Å². The molecule has 2 aromatic rings. The van der Waals surface area contributed by atoms with Gasteiger partial charge >= 0.3 is 0 Å². The number of hydrogen-bond donors (Lipinski definition) is 1. The highest BCUT2D eigenvalue weighted by Gasteiger charge is 2.35. The second kappa shape index (κ2) is 8.55. The van der Waals surface area contributed by atoms with Crippen LogP contribution in [0.2, 0.25) is 10.0 Å². The van der Waals surface area contributed by atoms with Gasteiger partial charge < -0.3 is 4.90 Å². The maximum Gasteiger partial charge on any atom is 0.245 e. The van der Waals surface area contributed by atoms with Gasteiger partial charge in [-0.1, -0.05) is 48.3 Å². The van der Waals surface area contributed by atoms with Crippen molar-refractivity contribution in [3.8, 4) is 0 Å². The normalized spacial score (nSPS) is 16.9. The van der Waals surface area contributed by atoms with E-state index in [0.29, 0.717) is 22.2 Å². The third-order valence-electron chi connectivity index (χ3n) is 4.49. The first kappa shape index (κ1) is 19.4. The summed E-state index contributed by atoms with van der Waals surface area (Å²) in [6.45, 7) is 2.42.